The molecule has 1 atom stereocenters. The molecule has 2 aromatic heterocycles. The van der Waals surface area contributed by atoms with Crippen LogP contribution < -0.4 is 5.32 Å². The van der Waals surface area contributed by atoms with Gasteiger partial charge < -0.3 is 10.4 Å². The van der Waals surface area contributed by atoms with E-state index in [9.17, 15) is 5.11 Å². The summed E-state index contributed by atoms with van der Waals surface area (Å²) in [6.45, 7) is 2.83. The number of thiazole rings is 1. The van der Waals surface area contributed by atoms with Crippen molar-refractivity contribution in [2.24, 2.45) is 0 Å². The number of nitrogens with zero attached hydrogens (tertiary/aromatic N) is 1. The van der Waals surface area contributed by atoms with Gasteiger partial charge in [0.05, 0.1) is 12.6 Å². The summed E-state index contributed by atoms with van der Waals surface area (Å²) in [5.74, 6) is 0. The van der Waals surface area contributed by atoms with E-state index in [1.165, 1.54) is 4.88 Å². The second-order valence-electron chi connectivity index (χ2n) is 3.52. The Bertz CT molecular complexity index is 425. The molecule has 0 aliphatic heterocycles. The van der Waals surface area contributed by atoms with Crippen molar-refractivity contribution < 1.29 is 5.11 Å². The molecule has 0 fully saturated rings. The van der Waals surface area contributed by atoms with Gasteiger partial charge in [-0.1, -0.05) is 6.07 Å². The van der Waals surface area contributed by atoms with Crippen LogP contribution in [0.1, 0.15) is 21.6 Å². The maximum atomic E-state index is 9.32. The normalized spacial score (nSPS) is 12.9. The number of thiophene rings is 1. The minimum Gasteiger partial charge on any atom is -0.394 e. The molecule has 86 valence electrons. The molecule has 16 heavy (non-hydrogen) atoms. The highest BCUT2D eigenvalue weighted by Crippen LogP contribution is 2.18. The average molecular weight is 254 g/mol. The minimum absolute atomic E-state index is 0.0548. The molecule has 0 radical (unpaired) electrons. The lowest BCUT2D eigenvalue weighted by atomic mass is 10.3. The van der Waals surface area contributed by atoms with Gasteiger partial charge in [0, 0.05) is 22.5 Å². The van der Waals surface area contributed by atoms with E-state index in [-0.39, 0.29) is 12.6 Å². The van der Waals surface area contributed by atoms with Gasteiger partial charge in [0.2, 0.25) is 0 Å². The lowest BCUT2D eigenvalue weighted by molar-refractivity contribution is 0.243. The van der Waals surface area contributed by atoms with Crippen molar-refractivity contribution in [1.82, 2.24) is 10.3 Å². The van der Waals surface area contributed by atoms with E-state index in [0.29, 0.717) is 0 Å². The highest BCUT2D eigenvalue weighted by molar-refractivity contribution is 7.10. The molecule has 2 aromatic rings. The van der Waals surface area contributed by atoms with Crippen LogP contribution in [0.2, 0.25) is 0 Å². The molecule has 0 bridgehead atoms. The van der Waals surface area contributed by atoms with Gasteiger partial charge in [-0.3, -0.25) is 0 Å². The summed E-state index contributed by atoms with van der Waals surface area (Å²) >= 11 is 3.30. The van der Waals surface area contributed by atoms with Gasteiger partial charge in [-0.2, -0.15) is 0 Å². The smallest absolute Gasteiger partial charge is 0.112 e. The van der Waals surface area contributed by atoms with Crippen LogP contribution in [0, 0.1) is 6.92 Å². The minimum atomic E-state index is -0.0548. The largest absolute Gasteiger partial charge is 0.394 e. The number of rotatable bonds is 5. The molecule has 0 aliphatic carbocycles. The molecule has 0 saturated carbocycles. The lowest BCUT2D eigenvalue weighted by Crippen LogP contribution is -2.23. The number of aliphatic hydroxyl groups is 1. The van der Waals surface area contributed by atoms with Crippen LogP contribution in [0.15, 0.2) is 22.9 Å². The van der Waals surface area contributed by atoms with E-state index in [4.69, 9.17) is 0 Å². The summed E-state index contributed by atoms with van der Waals surface area (Å²) in [5, 5.41) is 17.6. The van der Waals surface area contributed by atoms with E-state index in [1.54, 1.807) is 22.7 Å². The molecular formula is C11H14N2OS2. The zero-order valence-electron chi connectivity index (χ0n) is 9.01. The van der Waals surface area contributed by atoms with E-state index in [2.05, 4.69) is 21.7 Å². The Kier molecular flexibility index (Phi) is 4.06. The zero-order chi connectivity index (χ0) is 11.4. The third-order valence-corrected chi connectivity index (χ3v) is 4.17. The predicted octanol–water partition coefficient (Wildman–Crippen LogP) is 2.34. The summed E-state index contributed by atoms with van der Waals surface area (Å²) in [4.78, 5) is 5.65. The zero-order valence-corrected chi connectivity index (χ0v) is 10.6. The van der Waals surface area contributed by atoms with Gasteiger partial charge >= 0.3 is 0 Å². The van der Waals surface area contributed by atoms with Gasteiger partial charge in [-0.05, 0) is 18.4 Å². The summed E-state index contributed by atoms with van der Waals surface area (Å²) in [6, 6.07) is 4.06. The van der Waals surface area contributed by atoms with Crippen molar-refractivity contribution in [2.75, 3.05) is 6.61 Å². The monoisotopic (exact) mass is 254 g/mol. The Labute approximate surface area is 103 Å². The van der Waals surface area contributed by atoms with Crippen molar-refractivity contribution in [3.8, 4) is 0 Å². The maximum Gasteiger partial charge on any atom is 0.112 e. The summed E-state index contributed by atoms with van der Waals surface area (Å²) in [5.41, 5.74) is 1.01. The summed E-state index contributed by atoms with van der Waals surface area (Å²) in [6.07, 6.45) is 0. The van der Waals surface area contributed by atoms with Crippen LogP contribution in [0.3, 0.4) is 0 Å². The highest BCUT2D eigenvalue weighted by atomic mass is 32.1. The first-order chi connectivity index (χ1) is 7.79. The van der Waals surface area contributed by atoms with E-state index in [0.717, 1.165) is 17.2 Å². The number of nitrogens with one attached hydrogen (secondary N) is 1. The van der Waals surface area contributed by atoms with Gasteiger partial charge in [0.25, 0.3) is 0 Å². The third-order valence-electron chi connectivity index (χ3n) is 2.22. The molecule has 2 N–H and O–H groups in total. The van der Waals surface area contributed by atoms with Crippen molar-refractivity contribution in [1.29, 1.82) is 0 Å². The molecule has 0 aromatic carbocycles. The SMILES string of the molecule is Cc1csc(C(CO)NCc2cccs2)n1. The topological polar surface area (TPSA) is 45.1 Å². The number of aromatic nitrogens is 1. The van der Waals surface area contributed by atoms with Gasteiger partial charge in [0.15, 0.2) is 0 Å². The van der Waals surface area contributed by atoms with Crippen LogP contribution in [-0.2, 0) is 6.54 Å². The van der Waals surface area contributed by atoms with Gasteiger partial charge in [-0.25, -0.2) is 4.98 Å². The Morgan fingerprint density at radius 2 is 2.38 bits per heavy atom. The first-order valence-corrected chi connectivity index (χ1v) is 6.84. The van der Waals surface area contributed by atoms with Crippen molar-refractivity contribution in [3.63, 3.8) is 0 Å². The predicted molar refractivity (Wildman–Crippen MR) is 67.8 cm³/mol. The van der Waals surface area contributed by atoms with Crippen LogP contribution in [0.4, 0.5) is 0 Å². The average Bonchev–Trinajstić information content (AvgIpc) is 2.91. The molecule has 3 nitrogen and oxygen atoms in total. The first-order valence-electron chi connectivity index (χ1n) is 5.08. The Morgan fingerprint density at radius 3 is 2.94 bits per heavy atom. The number of hydrogen-bond acceptors (Lipinski definition) is 5. The Balaban J connectivity index is 1.96. The molecule has 5 heteroatoms. The molecule has 0 amide bonds. The van der Waals surface area contributed by atoms with Crippen LogP contribution in [-0.4, -0.2) is 16.7 Å². The quantitative estimate of drug-likeness (QED) is 0.861. The fourth-order valence-corrected chi connectivity index (χ4v) is 2.92. The number of aryl methyl sites for hydroxylation is 1. The van der Waals surface area contributed by atoms with Crippen LogP contribution in [0.25, 0.3) is 0 Å². The molecule has 2 heterocycles. The first kappa shape index (κ1) is 11.7. The van der Waals surface area contributed by atoms with E-state index >= 15 is 0 Å². The standard InChI is InChI=1S/C11H14N2OS2/c1-8-7-16-11(13-8)10(6-14)12-5-9-3-2-4-15-9/h2-4,7,10,12,14H,5-6H2,1H3. The van der Waals surface area contributed by atoms with Crippen LogP contribution >= 0.6 is 22.7 Å². The van der Waals surface area contributed by atoms with Gasteiger partial charge in [-0.15, -0.1) is 22.7 Å². The van der Waals surface area contributed by atoms with E-state index in [1.807, 2.05) is 18.4 Å². The molecule has 2 rings (SSSR count). The number of aliphatic hydroxyl groups excluding tert-OH is 1. The fraction of sp³-hybridized carbons (Fsp3) is 0.364. The Morgan fingerprint density at radius 1 is 1.50 bits per heavy atom. The highest BCUT2D eigenvalue weighted by Gasteiger charge is 2.13. The van der Waals surface area contributed by atoms with Crippen LogP contribution in [0.5, 0.6) is 0 Å². The van der Waals surface area contributed by atoms with Gasteiger partial charge in [0.1, 0.15) is 5.01 Å². The summed E-state index contributed by atoms with van der Waals surface area (Å²) in [7, 11) is 0. The number of hydrogen-bond donors (Lipinski definition) is 2. The molecule has 0 spiro atoms. The molecular weight excluding hydrogens is 240 g/mol. The fourth-order valence-electron chi connectivity index (χ4n) is 1.40. The summed E-state index contributed by atoms with van der Waals surface area (Å²) < 4.78 is 0. The second-order valence-corrected chi connectivity index (χ2v) is 5.44. The second kappa shape index (κ2) is 5.54. The van der Waals surface area contributed by atoms with E-state index < -0.39 is 0 Å². The molecule has 0 aliphatic rings. The van der Waals surface area contributed by atoms with Crippen molar-refractivity contribution >= 4 is 22.7 Å². The molecule has 0 saturated heterocycles. The Hall–Kier alpha value is -0.750. The molecule has 1 unspecified atom stereocenters. The third kappa shape index (κ3) is 2.89. The van der Waals surface area contributed by atoms with Crippen molar-refractivity contribution in [3.05, 3.63) is 38.5 Å². The maximum absolute atomic E-state index is 9.32. The lowest BCUT2D eigenvalue weighted by Gasteiger charge is -2.12. The van der Waals surface area contributed by atoms with Crippen molar-refractivity contribution in [2.45, 2.75) is 19.5 Å².